The molecule has 2 aromatic heterocycles. The Labute approximate surface area is 315 Å². The van der Waals surface area contributed by atoms with Crippen LogP contribution in [0.5, 0.6) is 0 Å². The number of aromatic nitrogens is 2. The van der Waals surface area contributed by atoms with E-state index in [-0.39, 0.29) is 34.3 Å². The summed E-state index contributed by atoms with van der Waals surface area (Å²) in [6.45, 7) is 0.0549. The van der Waals surface area contributed by atoms with Crippen LogP contribution in [0.2, 0.25) is 0 Å². The van der Waals surface area contributed by atoms with Crippen LogP contribution in [-0.4, -0.2) is 49.7 Å². The minimum atomic E-state index is -3.99. The van der Waals surface area contributed by atoms with E-state index in [0.29, 0.717) is 12.8 Å². The van der Waals surface area contributed by atoms with Gasteiger partial charge in [0.05, 0.1) is 25.6 Å². The van der Waals surface area contributed by atoms with Crippen LogP contribution in [0.25, 0.3) is 21.8 Å². The van der Waals surface area contributed by atoms with Crippen LogP contribution in [0.4, 0.5) is 11.4 Å². The van der Waals surface area contributed by atoms with Crippen molar-refractivity contribution in [2.45, 2.75) is 28.6 Å². The lowest BCUT2D eigenvalue weighted by Crippen LogP contribution is -2.26. The summed E-state index contributed by atoms with van der Waals surface area (Å²) in [4.78, 5) is 28.1. The van der Waals surface area contributed by atoms with Gasteiger partial charge in [-0.2, -0.15) is 0 Å². The molecule has 0 aliphatic heterocycles. The number of hydrogen-bond donors (Lipinski definition) is 4. The summed E-state index contributed by atoms with van der Waals surface area (Å²) < 4.78 is 58.3. The van der Waals surface area contributed by atoms with Gasteiger partial charge >= 0.3 is 0 Å². The van der Waals surface area contributed by atoms with Gasteiger partial charge in [0.2, 0.25) is 20.0 Å². The molecule has 0 amide bonds. The zero-order valence-corrected chi connectivity index (χ0v) is 30.6. The third-order valence-electron chi connectivity index (χ3n) is 9.45. The number of H-pyrrole nitrogens is 2. The number of benzene rings is 5. The zero-order valence-electron chi connectivity index (χ0n) is 29.0. The van der Waals surface area contributed by atoms with E-state index in [1.54, 1.807) is 0 Å². The highest BCUT2D eigenvalue weighted by Gasteiger charge is 2.29. The predicted octanol–water partition coefficient (Wildman–Crippen LogP) is 6.69. The quantitative estimate of drug-likeness (QED) is 0.0649. The van der Waals surface area contributed by atoms with Gasteiger partial charge in [-0.1, -0.05) is 66.7 Å². The van der Waals surface area contributed by atoms with E-state index < -0.39 is 35.8 Å². The summed E-state index contributed by atoms with van der Waals surface area (Å²) in [5.74, 6) is -0.427. The Hall–Kier alpha value is -6.20. The summed E-state index contributed by atoms with van der Waals surface area (Å²) in [6.07, 6.45) is 0.582. The van der Waals surface area contributed by atoms with Gasteiger partial charge in [-0.3, -0.25) is 20.2 Å². The molecule has 55 heavy (non-hydrogen) atoms. The minimum absolute atomic E-state index is 0.0274. The lowest BCUT2D eigenvalue weighted by Gasteiger charge is -2.20. The first-order chi connectivity index (χ1) is 26.4. The number of non-ortho nitro benzene ring substituents is 2. The van der Waals surface area contributed by atoms with Gasteiger partial charge in [-0.25, -0.2) is 26.3 Å². The number of nitro benzene ring substituents is 2. The van der Waals surface area contributed by atoms with Crippen LogP contribution < -0.4 is 9.44 Å². The molecule has 0 atom stereocenters. The van der Waals surface area contributed by atoms with Crippen molar-refractivity contribution >= 4 is 53.2 Å². The molecule has 0 fully saturated rings. The van der Waals surface area contributed by atoms with Crippen LogP contribution in [0.1, 0.15) is 34.0 Å². The number of rotatable bonds is 15. The molecule has 0 spiro atoms. The van der Waals surface area contributed by atoms with Crippen LogP contribution in [0.15, 0.2) is 137 Å². The first kappa shape index (κ1) is 37.1. The van der Waals surface area contributed by atoms with Crippen LogP contribution in [-0.2, 0) is 32.9 Å². The highest BCUT2D eigenvalue weighted by molar-refractivity contribution is 7.89. The molecule has 7 rings (SSSR count). The second-order valence-electron chi connectivity index (χ2n) is 12.8. The van der Waals surface area contributed by atoms with Crippen LogP contribution in [0.3, 0.4) is 0 Å². The molecule has 7 aromatic rings. The SMILES string of the molecule is O=[N+]([O-])c1ccc(S(=O)(=O)NCCc2c(C(c3ccccc3)c3[nH]c4ccccc4c3CCNS(=O)(=O)c3ccc([N+](=O)[O-])cc3)[nH]c3ccccc23)cc1. The molecular formula is C39H34N6O8S2. The Balaban J connectivity index is 1.25. The Kier molecular flexibility index (Phi) is 10.3. The number of fused-ring (bicyclic) bond motifs is 2. The largest absolute Gasteiger partial charge is 0.357 e. The number of nitro groups is 2. The Morgan fingerprint density at radius 1 is 0.527 bits per heavy atom. The predicted molar refractivity (Wildman–Crippen MR) is 208 cm³/mol. The molecule has 14 nitrogen and oxygen atoms in total. The van der Waals surface area contributed by atoms with E-state index in [0.717, 1.165) is 74.1 Å². The van der Waals surface area contributed by atoms with Gasteiger partial charge in [-0.15, -0.1) is 0 Å². The number of aromatic amines is 2. The fourth-order valence-corrected chi connectivity index (χ4v) is 8.94. The lowest BCUT2D eigenvalue weighted by molar-refractivity contribution is -0.385. The van der Waals surface area contributed by atoms with Crippen LogP contribution in [0, 0.1) is 20.2 Å². The summed E-state index contributed by atoms with van der Waals surface area (Å²) in [5.41, 5.74) is 5.59. The monoisotopic (exact) mass is 778 g/mol. The molecule has 0 saturated heterocycles. The van der Waals surface area contributed by atoms with Crippen molar-refractivity contribution in [2.75, 3.05) is 13.1 Å². The fourth-order valence-electron chi connectivity index (χ4n) is 6.88. The second kappa shape index (κ2) is 15.3. The van der Waals surface area contributed by atoms with Crippen molar-refractivity contribution in [3.63, 3.8) is 0 Å². The first-order valence-corrected chi connectivity index (χ1v) is 20.1. The number of nitrogens with one attached hydrogen (secondary N) is 4. The van der Waals surface area contributed by atoms with Crippen molar-refractivity contribution < 1.29 is 26.7 Å². The van der Waals surface area contributed by atoms with Crippen molar-refractivity contribution in [1.82, 2.24) is 19.4 Å². The molecule has 5 aromatic carbocycles. The summed E-state index contributed by atoms with van der Waals surface area (Å²) >= 11 is 0. The second-order valence-corrected chi connectivity index (χ2v) is 16.3. The maximum absolute atomic E-state index is 13.2. The molecule has 0 aliphatic carbocycles. The molecule has 0 bridgehead atoms. The summed E-state index contributed by atoms with van der Waals surface area (Å²) in [6, 6.07) is 34.7. The summed E-state index contributed by atoms with van der Waals surface area (Å²) in [7, 11) is -7.99. The van der Waals surface area contributed by atoms with E-state index in [1.165, 1.54) is 24.3 Å². The Bertz CT molecular complexity index is 2580. The van der Waals surface area contributed by atoms with Crippen molar-refractivity contribution in [2.24, 2.45) is 0 Å². The third kappa shape index (κ3) is 7.74. The molecule has 0 saturated carbocycles. The standard InChI is InChI=1S/C39H34N6O8S2/c46-44(47)27-14-18-29(19-15-27)54(50,51)40-24-22-33-31-10-4-6-12-35(31)42-38(33)37(26-8-2-1-3-9-26)39-34(32-11-5-7-13-36(32)43-39)23-25-41-55(52,53)30-20-16-28(17-21-30)45(48)49/h1-21,37,40-43H,22-25H2. The Morgan fingerprint density at radius 2 is 0.909 bits per heavy atom. The van der Waals surface area contributed by atoms with Gasteiger partial charge in [0.1, 0.15) is 0 Å². The molecule has 0 unspecified atom stereocenters. The topological polar surface area (TPSA) is 210 Å². The van der Waals surface area contributed by atoms with Crippen molar-refractivity contribution in [1.29, 1.82) is 0 Å². The van der Waals surface area contributed by atoms with Gasteiger partial charge in [0.15, 0.2) is 0 Å². The molecule has 0 radical (unpaired) electrons. The normalized spacial score (nSPS) is 12.1. The smallest absolute Gasteiger partial charge is 0.269 e. The molecular weight excluding hydrogens is 745 g/mol. The van der Waals surface area contributed by atoms with Gasteiger partial charge in [-0.05, 0) is 65.9 Å². The molecule has 0 aliphatic rings. The highest BCUT2D eigenvalue weighted by Crippen LogP contribution is 2.40. The number of nitrogens with zero attached hydrogens (tertiary/aromatic N) is 2. The zero-order chi connectivity index (χ0) is 38.7. The average molecular weight is 779 g/mol. The highest BCUT2D eigenvalue weighted by atomic mass is 32.2. The number of hydrogen-bond acceptors (Lipinski definition) is 8. The Morgan fingerprint density at radius 3 is 1.31 bits per heavy atom. The molecule has 4 N–H and O–H groups in total. The minimum Gasteiger partial charge on any atom is -0.357 e. The van der Waals surface area contributed by atoms with Gasteiger partial charge < -0.3 is 9.97 Å². The van der Waals surface area contributed by atoms with E-state index in [1.807, 2.05) is 78.9 Å². The van der Waals surface area contributed by atoms with E-state index in [2.05, 4.69) is 19.4 Å². The van der Waals surface area contributed by atoms with Gasteiger partial charge in [0.25, 0.3) is 11.4 Å². The van der Waals surface area contributed by atoms with E-state index in [4.69, 9.17) is 0 Å². The molecule has 280 valence electrons. The van der Waals surface area contributed by atoms with E-state index in [9.17, 15) is 37.1 Å². The third-order valence-corrected chi connectivity index (χ3v) is 12.4. The maximum atomic E-state index is 13.2. The van der Waals surface area contributed by atoms with E-state index >= 15 is 0 Å². The maximum Gasteiger partial charge on any atom is 0.269 e. The fraction of sp³-hybridized carbons (Fsp3) is 0.128. The van der Waals surface area contributed by atoms with Crippen LogP contribution >= 0.6 is 0 Å². The molecule has 16 heteroatoms. The number of sulfonamides is 2. The lowest BCUT2D eigenvalue weighted by atomic mass is 9.86. The van der Waals surface area contributed by atoms with Crippen molar-refractivity contribution in [3.8, 4) is 0 Å². The number of para-hydroxylation sites is 2. The molecule has 2 heterocycles. The average Bonchev–Trinajstić information content (AvgIpc) is 3.73. The van der Waals surface area contributed by atoms with Crippen molar-refractivity contribution in [3.05, 3.63) is 176 Å². The summed E-state index contributed by atoms with van der Waals surface area (Å²) in [5, 5.41) is 24.0. The van der Waals surface area contributed by atoms with Gasteiger partial charge in [0, 0.05) is 70.5 Å². The first-order valence-electron chi connectivity index (χ1n) is 17.1.